The first-order valence-electron chi connectivity index (χ1n) is 6.54. The predicted octanol–water partition coefficient (Wildman–Crippen LogP) is 3.65. The van der Waals surface area contributed by atoms with Crippen LogP contribution >= 0.6 is 15.9 Å². The molecule has 0 amide bonds. The lowest BCUT2D eigenvalue weighted by Crippen LogP contribution is -2.16. The van der Waals surface area contributed by atoms with E-state index in [0.29, 0.717) is 16.0 Å². The van der Waals surface area contributed by atoms with Gasteiger partial charge in [-0.3, -0.25) is 0 Å². The summed E-state index contributed by atoms with van der Waals surface area (Å²) in [7, 11) is -1.77. The number of hydrogen-bond acceptors (Lipinski definition) is 3. The van der Waals surface area contributed by atoms with Gasteiger partial charge in [-0.05, 0) is 29.8 Å². The van der Waals surface area contributed by atoms with E-state index >= 15 is 0 Å². The summed E-state index contributed by atoms with van der Waals surface area (Å²) in [5, 5.41) is 0.604. The van der Waals surface area contributed by atoms with Crippen molar-refractivity contribution >= 4 is 25.8 Å². The lowest BCUT2D eigenvalue weighted by atomic mass is 10.0. The Morgan fingerprint density at radius 1 is 1.05 bits per heavy atom. The average molecular weight is 369 g/mol. The molecule has 0 saturated heterocycles. The zero-order valence-corrected chi connectivity index (χ0v) is 14.1. The fourth-order valence-corrected chi connectivity index (χ4v) is 4.59. The minimum Gasteiger partial charge on any atom is -0.497 e. The largest absolute Gasteiger partial charge is 0.497 e. The lowest BCUT2D eigenvalue weighted by Gasteiger charge is -2.15. The molecule has 0 aliphatic carbocycles. The third-order valence-electron chi connectivity index (χ3n) is 3.30. The van der Waals surface area contributed by atoms with Crippen molar-refractivity contribution < 1.29 is 13.2 Å². The quantitative estimate of drug-likeness (QED) is 0.730. The second kappa shape index (κ2) is 7.09. The van der Waals surface area contributed by atoms with E-state index in [2.05, 4.69) is 15.9 Å². The molecule has 21 heavy (non-hydrogen) atoms. The maximum Gasteiger partial charge on any atom is 0.179 e. The number of hydrogen-bond donors (Lipinski definition) is 0. The van der Waals surface area contributed by atoms with Crippen LogP contribution in [0.2, 0.25) is 0 Å². The molecular weight excluding hydrogens is 352 g/mol. The summed E-state index contributed by atoms with van der Waals surface area (Å²) < 4.78 is 30.1. The van der Waals surface area contributed by atoms with E-state index in [1.165, 1.54) is 0 Å². The van der Waals surface area contributed by atoms with Crippen molar-refractivity contribution in [2.45, 2.75) is 10.8 Å². The van der Waals surface area contributed by atoms with Gasteiger partial charge in [0.05, 0.1) is 17.8 Å². The smallest absolute Gasteiger partial charge is 0.179 e. The van der Waals surface area contributed by atoms with Gasteiger partial charge in [0.2, 0.25) is 0 Å². The minimum atomic E-state index is -3.33. The molecule has 0 radical (unpaired) electrons. The van der Waals surface area contributed by atoms with Gasteiger partial charge in [-0.15, -0.1) is 0 Å². The van der Waals surface area contributed by atoms with Crippen molar-refractivity contribution in [2.75, 3.05) is 18.2 Å². The number of rotatable bonds is 6. The molecular formula is C16H17BrO3S. The molecule has 0 aliphatic rings. The van der Waals surface area contributed by atoms with Crippen LogP contribution in [-0.4, -0.2) is 26.6 Å². The monoisotopic (exact) mass is 368 g/mol. The Labute approximate surface area is 134 Å². The molecule has 0 spiro atoms. The van der Waals surface area contributed by atoms with E-state index < -0.39 is 9.84 Å². The number of alkyl halides is 1. The van der Waals surface area contributed by atoms with Gasteiger partial charge in [0.15, 0.2) is 9.84 Å². The molecule has 3 nitrogen and oxygen atoms in total. The Morgan fingerprint density at radius 2 is 1.67 bits per heavy atom. The van der Waals surface area contributed by atoms with Crippen LogP contribution in [0.5, 0.6) is 5.75 Å². The van der Waals surface area contributed by atoms with E-state index in [-0.39, 0.29) is 11.7 Å². The highest BCUT2D eigenvalue weighted by molar-refractivity contribution is 9.09. The van der Waals surface area contributed by atoms with Crippen molar-refractivity contribution in [1.82, 2.24) is 0 Å². The highest BCUT2D eigenvalue weighted by Crippen LogP contribution is 2.24. The SMILES string of the molecule is COc1ccc(S(=O)(=O)CC(CBr)c2ccccc2)cc1. The average Bonchev–Trinajstić information content (AvgIpc) is 2.53. The topological polar surface area (TPSA) is 43.4 Å². The lowest BCUT2D eigenvalue weighted by molar-refractivity contribution is 0.414. The van der Waals surface area contributed by atoms with Crippen LogP contribution in [0.1, 0.15) is 11.5 Å². The van der Waals surface area contributed by atoms with Gasteiger partial charge in [0.25, 0.3) is 0 Å². The van der Waals surface area contributed by atoms with Gasteiger partial charge in [-0.2, -0.15) is 0 Å². The van der Waals surface area contributed by atoms with Crippen molar-refractivity contribution in [3.8, 4) is 5.75 Å². The Bertz CT molecular complexity index is 666. The molecule has 0 aromatic heterocycles. The summed E-state index contributed by atoms with van der Waals surface area (Å²) in [5.74, 6) is 0.654. The van der Waals surface area contributed by atoms with Crippen LogP contribution in [0.4, 0.5) is 0 Å². The molecule has 1 unspecified atom stereocenters. The molecule has 2 aromatic rings. The van der Waals surface area contributed by atoms with E-state index in [4.69, 9.17) is 4.74 Å². The van der Waals surface area contributed by atoms with E-state index in [1.54, 1.807) is 31.4 Å². The summed E-state index contributed by atoms with van der Waals surface area (Å²) in [5.41, 5.74) is 1.02. The first-order valence-corrected chi connectivity index (χ1v) is 9.32. The van der Waals surface area contributed by atoms with Crippen molar-refractivity contribution in [3.05, 3.63) is 60.2 Å². The number of benzene rings is 2. The summed E-state index contributed by atoms with van der Waals surface area (Å²) in [4.78, 5) is 0.324. The standard InChI is InChI=1S/C16H17BrO3S/c1-20-15-7-9-16(10-8-15)21(18,19)12-14(11-17)13-5-3-2-4-6-13/h2-10,14H,11-12H2,1H3. The van der Waals surface area contributed by atoms with E-state index in [1.807, 2.05) is 30.3 Å². The highest BCUT2D eigenvalue weighted by atomic mass is 79.9. The molecule has 5 heteroatoms. The molecule has 0 bridgehead atoms. The normalized spacial score (nSPS) is 12.9. The van der Waals surface area contributed by atoms with Crippen LogP contribution in [0.15, 0.2) is 59.5 Å². The van der Waals surface area contributed by atoms with Gasteiger partial charge >= 0.3 is 0 Å². The summed E-state index contributed by atoms with van der Waals surface area (Å²) in [6.07, 6.45) is 0. The Hall–Kier alpha value is -1.33. The third kappa shape index (κ3) is 4.08. The first-order chi connectivity index (χ1) is 10.1. The Kier molecular flexibility index (Phi) is 5.42. The second-order valence-electron chi connectivity index (χ2n) is 4.72. The molecule has 0 aliphatic heterocycles. The molecule has 0 N–H and O–H groups in total. The van der Waals surface area contributed by atoms with Gasteiger partial charge < -0.3 is 4.74 Å². The van der Waals surface area contributed by atoms with Crippen LogP contribution < -0.4 is 4.74 Å². The number of ether oxygens (including phenoxy) is 1. The van der Waals surface area contributed by atoms with E-state index in [9.17, 15) is 8.42 Å². The molecule has 0 fully saturated rings. The molecule has 0 saturated carbocycles. The van der Waals surface area contributed by atoms with Gasteiger partial charge in [0.1, 0.15) is 5.75 Å². The number of halogens is 1. The van der Waals surface area contributed by atoms with Gasteiger partial charge in [-0.1, -0.05) is 46.3 Å². The molecule has 112 valence electrons. The number of methoxy groups -OCH3 is 1. The summed E-state index contributed by atoms with van der Waals surface area (Å²) >= 11 is 3.42. The Balaban J connectivity index is 2.22. The maximum atomic E-state index is 12.5. The van der Waals surface area contributed by atoms with Crippen molar-refractivity contribution in [3.63, 3.8) is 0 Å². The second-order valence-corrected chi connectivity index (χ2v) is 7.40. The maximum absolute atomic E-state index is 12.5. The zero-order valence-electron chi connectivity index (χ0n) is 11.7. The van der Waals surface area contributed by atoms with E-state index in [0.717, 1.165) is 5.56 Å². The fourth-order valence-electron chi connectivity index (χ4n) is 2.10. The van der Waals surface area contributed by atoms with Crippen LogP contribution in [-0.2, 0) is 9.84 Å². The first kappa shape index (κ1) is 16.0. The Morgan fingerprint density at radius 3 is 2.19 bits per heavy atom. The molecule has 1 atom stereocenters. The van der Waals surface area contributed by atoms with Crippen molar-refractivity contribution in [2.24, 2.45) is 0 Å². The van der Waals surface area contributed by atoms with Crippen LogP contribution in [0.25, 0.3) is 0 Å². The van der Waals surface area contributed by atoms with Gasteiger partial charge in [-0.25, -0.2) is 8.42 Å². The molecule has 2 rings (SSSR count). The van der Waals surface area contributed by atoms with Crippen LogP contribution in [0, 0.1) is 0 Å². The third-order valence-corrected chi connectivity index (χ3v) is 5.91. The fraction of sp³-hybridized carbons (Fsp3) is 0.250. The number of sulfone groups is 1. The highest BCUT2D eigenvalue weighted by Gasteiger charge is 2.22. The predicted molar refractivity (Wildman–Crippen MR) is 88.0 cm³/mol. The molecule has 2 aromatic carbocycles. The molecule has 0 heterocycles. The summed E-state index contributed by atoms with van der Waals surface area (Å²) in [6, 6.07) is 16.2. The van der Waals surface area contributed by atoms with Crippen molar-refractivity contribution in [1.29, 1.82) is 0 Å². The minimum absolute atomic E-state index is 0.0710. The summed E-state index contributed by atoms with van der Waals surface area (Å²) in [6.45, 7) is 0. The van der Waals surface area contributed by atoms with Crippen LogP contribution in [0.3, 0.4) is 0 Å². The zero-order chi connectivity index (χ0) is 15.3. The van der Waals surface area contributed by atoms with Gasteiger partial charge in [0, 0.05) is 11.2 Å².